The number of benzene rings is 3. The van der Waals surface area contributed by atoms with Crippen molar-refractivity contribution >= 4 is 35.0 Å². The average Bonchev–Trinajstić information content (AvgIpc) is 2.90. The number of nitrogens with one attached hydrogen (secondary N) is 1. The van der Waals surface area contributed by atoms with Crippen molar-refractivity contribution in [3.8, 4) is 11.5 Å². The normalized spacial score (nSPS) is 12.4. The molecule has 3 rings (SSSR count). The fourth-order valence-corrected chi connectivity index (χ4v) is 4.26. The second-order valence-corrected chi connectivity index (χ2v) is 9.56. The van der Waals surface area contributed by atoms with Crippen molar-refractivity contribution in [1.82, 2.24) is 10.2 Å². The molecule has 0 aliphatic rings. The van der Waals surface area contributed by atoms with Crippen molar-refractivity contribution in [2.24, 2.45) is 0 Å². The minimum Gasteiger partial charge on any atom is -0.493 e. The Morgan fingerprint density at radius 3 is 2.30 bits per heavy atom. The highest BCUT2D eigenvalue weighted by molar-refractivity contribution is 6.35. The van der Waals surface area contributed by atoms with Crippen LogP contribution in [0.25, 0.3) is 0 Å². The molecule has 0 saturated heterocycles. The molecule has 6 nitrogen and oxygen atoms in total. The van der Waals surface area contributed by atoms with Crippen LogP contribution in [0, 0.1) is 0 Å². The molecule has 0 saturated carbocycles. The Morgan fingerprint density at radius 2 is 1.65 bits per heavy atom. The number of hydrogen-bond acceptors (Lipinski definition) is 4. The first-order valence-electron chi connectivity index (χ1n) is 12.2. The summed E-state index contributed by atoms with van der Waals surface area (Å²) in [5, 5.41) is 3.94. The zero-order chi connectivity index (χ0) is 26.8. The molecule has 0 bridgehead atoms. The van der Waals surface area contributed by atoms with Gasteiger partial charge in [0.15, 0.2) is 18.1 Å². The van der Waals surface area contributed by atoms with E-state index in [0.29, 0.717) is 33.5 Å². The lowest BCUT2D eigenvalue weighted by atomic mass is 10.0. The van der Waals surface area contributed by atoms with Gasteiger partial charge in [0.05, 0.1) is 7.11 Å². The lowest BCUT2D eigenvalue weighted by Gasteiger charge is -2.32. The first-order chi connectivity index (χ1) is 17.8. The average molecular weight is 543 g/mol. The number of hydrogen-bond donors (Lipinski definition) is 1. The van der Waals surface area contributed by atoms with Crippen molar-refractivity contribution in [2.75, 3.05) is 13.7 Å². The van der Waals surface area contributed by atoms with Crippen LogP contribution in [0.4, 0.5) is 0 Å². The van der Waals surface area contributed by atoms with Crippen LogP contribution in [0.1, 0.15) is 31.4 Å². The fraction of sp³-hybridized carbons (Fsp3) is 0.310. The maximum Gasteiger partial charge on any atom is 0.261 e. The Bertz CT molecular complexity index is 1190. The highest BCUT2D eigenvalue weighted by Crippen LogP contribution is 2.27. The van der Waals surface area contributed by atoms with Gasteiger partial charge in [-0.3, -0.25) is 9.59 Å². The molecule has 0 fully saturated rings. The number of rotatable bonds is 12. The Labute approximate surface area is 228 Å². The molecule has 2 amide bonds. The summed E-state index contributed by atoms with van der Waals surface area (Å²) < 4.78 is 11.2. The molecule has 37 heavy (non-hydrogen) atoms. The van der Waals surface area contributed by atoms with Gasteiger partial charge in [0.2, 0.25) is 5.91 Å². The van der Waals surface area contributed by atoms with E-state index < -0.39 is 6.04 Å². The molecule has 0 aliphatic heterocycles. The van der Waals surface area contributed by atoms with Crippen LogP contribution in [0.3, 0.4) is 0 Å². The van der Waals surface area contributed by atoms with Crippen molar-refractivity contribution in [3.63, 3.8) is 0 Å². The van der Waals surface area contributed by atoms with Gasteiger partial charge in [0.25, 0.3) is 5.91 Å². The summed E-state index contributed by atoms with van der Waals surface area (Å²) in [7, 11) is 1.54. The van der Waals surface area contributed by atoms with E-state index in [1.165, 1.54) is 12.0 Å². The molecule has 1 N–H and O–H groups in total. The summed E-state index contributed by atoms with van der Waals surface area (Å²) in [6.45, 7) is 3.75. The molecule has 0 aliphatic carbocycles. The van der Waals surface area contributed by atoms with Crippen molar-refractivity contribution in [3.05, 3.63) is 94.0 Å². The highest BCUT2D eigenvalue weighted by atomic mass is 35.5. The number of carbonyl (C=O) groups excluding carboxylic acids is 2. The van der Waals surface area contributed by atoms with E-state index in [4.69, 9.17) is 32.7 Å². The van der Waals surface area contributed by atoms with Gasteiger partial charge in [-0.15, -0.1) is 0 Å². The molecule has 0 heterocycles. The fourth-order valence-electron chi connectivity index (χ4n) is 3.79. The molecule has 2 atom stereocenters. The van der Waals surface area contributed by atoms with E-state index in [1.807, 2.05) is 50.2 Å². The lowest BCUT2D eigenvalue weighted by molar-refractivity contribution is -0.143. The summed E-state index contributed by atoms with van der Waals surface area (Å²) in [4.78, 5) is 28.8. The Balaban J connectivity index is 1.96. The van der Waals surface area contributed by atoms with E-state index >= 15 is 0 Å². The maximum absolute atomic E-state index is 13.7. The zero-order valence-corrected chi connectivity index (χ0v) is 22.8. The van der Waals surface area contributed by atoms with Gasteiger partial charge in [-0.25, -0.2) is 0 Å². The van der Waals surface area contributed by atoms with Gasteiger partial charge in [0.1, 0.15) is 6.04 Å². The second-order valence-electron chi connectivity index (χ2n) is 8.72. The monoisotopic (exact) mass is 542 g/mol. The molecule has 3 aromatic carbocycles. The van der Waals surface area contributed by atoms with Gasteiger partial charge < -0.3 is 19.7 Å². The smallest absolute Gasteiger partial charge is 0.261 e. The third-order valence-electron chi connectivity index (χ3n) is 6.05. The van der Waals surface area contributed by atoms with Crippen molar-refractivity contribution < 1.29 is 19.1 Å². The highest BCUT2D eigenvalue weighted by Gasteiger charge is 2.31. The predicted octanol–water partition coefficient (Wildman–Crippen LogP) is 5.94. The van der Waals surface area contributed by atoms with E-state index in [-0.39, 0.29) is 31.0 Å². The maximum atomic E-state index is 13.7. The van der Waals surface area contributed by atoms with Crippen molar-refractivity contribution in [2.45, 2.75) is 45.3 Å². The Kier molecular flexibility index (Phi) is 10.7. The standard InChI is InChI=1S/C29H32Cl2N2O4/c1-4-20(2)32-29(35)25(16-21-10-6-5-7-11-21)33(18-22-14-15-23(30)17-24(22)31)28(34)19-37-27-13-9-8-12-26(27)36-3/h5-15,17,20,25H,4,16,18-19H2,1-3H3,(H,32,35)/t20-,25+/m1/s1. The molecule has 0 unspecified atom stereocenters. The van der Waals surface area contributed by atoms with Gasteiger partial charge in [-0.05, 0) is 48.7 Å². The van der Waals surface area contributed by atoms with Gasteiger partial charge in [-0.2, -0.15) is 0 Å². The molecule has 0 aromatic heterocycles. The molecular weight excluding hydrogens is 511 g/mol. The van der Waals surface area contributed by atoms with E-state index in [1.54, 1.807) is 36.4 Å². The lowest BCUT2D eigenvalue weighted by Crippen LogP contribution is -2.53. The number of ether oxygens (including phenoxy) is 2. The molecule has 8 heteroatoms. The summed E-state index contributed by atoms with van der Waals surface area (Å²) in [5.74, 6) is 0.343. The second kappa shape index (κ2) is 13.9. The summed E-state index contributed by atoms with van der Waals surface area (Å²) in [6.07, 6.45) is 1.09. The molecular formula is C29H32Cl2N2O4. The molecule has 3 aromatic rings. The quantitative estimate of drug-likeness (QED) is 0.307. The Hall–Kier alpha value is -3.22. The third-order valence-corrected chi connectivity index (χ3v) is 6.64. The third kappa shape index (κ3) is 8.14. The predicted molar refractivity (Wildman–Crippen MR) is 147 cm³/mol. The first kappa shape index (κ1) is 28.4. The largest absolute Gasteiger partial charge is 0.493 e. The minimum absolute atomic E-state index is 0.0494. The first-order valence-corrected chi connectivity index (χ1v) is 12.9. The molecule has 0 spiro atoms. The number of methoxy groups -OCH3 is 1. The van der Waals surface area contributed by atoms with Crippen LogP contribution >= 0.6 is 23.2 Å². The summed E-state index contributed by atoms with van der Waals surface area (Å²) >= 11 is 12.6. The summed E-state index contributed by atoms with van der Waals surface area (Å²) in [5.41, 5.74) is 1.60. The van der Waals surface area contributed by atoms with Crippen LogP contribution in [0.2, 0.25) is 10.0 Å². The number of para-hydroxylation sites is 2. The minimum atomic E-state index is -0.795. The molecule has 0 radical (unpaired) electrons. The van der Waals surface area contributed by atoms with E-state index in [9.17, 15) is 9.59 Å². The van der Waals surface area contributed by atoms with Crippen LogP contribution in [-0.4, -0.2) is 42.5 Å². The van der Waals surface area contributed by atoms with Crippen LogP contribution < -0.4 is 14.8 Å². The number of carbonyl (C=O) groups is 2. The van der Waals surface area contributed by atoms with Crippen LogP contribution in [0.5, 0.6) is 11.5 Å². The van der Waals surface area contributed by atoms with Crippen molar-refractivity contribution in [1.29, 1.82) is 0 Å². The topological polar surface area (TPSA) is 67.9 Å². The van der Waals surface area contributed by atoms with Gasteiger partial charge in [0, 0.05) is 29.1 Å². The Morgan fingerprint density at radius 1 is 0.973 bits per heavy atom. The number of nitrogens with zero attached hydrogens (tertiary/aromatic N) is 1. The van der Waals surface area contributed by atoms with Crippen LogP contribution in [-0.2, 0) is 22.6 Å². The van der Waals surface area contributed by atoms with E-state index in [2.05, 4.69) is 5.32 Å². The van der Waals surface area contributed by atoms with Gasteiger partial charge >= 0.3 is 0 Å². The summed E-state index contributed by atoms with van der Waals surface area (Å²) in [6, 6.07) is 20.9. The van der Waals surface area contributed by atoms with Crippen LogP contribution in [0.15, 0.2) is 72.8 Å². The molecule has 196 valence electrons. The SMILES string of the molecule is CC[C@@H](C)NC(=O)[C@H](Cc1ccccc1)N(Cc1ccc(Cl)cc1Cl)C(=O)COc1ccccc1OC. The number of amides is 2. The zero-order valence-electron chi connectivity index (χ0n) is 21.2. The van der Waals surface area contributed by atoms with E-state index in [0.717, 1.165) is 12.0 Å². The van der Waals surface area contributed by atoms with Gasteiger partial charge in [-0.1, -0.05) is 78.7 Å². The number of halogens is 2.